The molecular formula is C21H28N2O3. The summed E-state index contributed by atoms with van der Waals surface area (Å²) in [5.74, 6) is 0.102. The van der Waals surface area contributed by atoms with Crippen LogP contribution < -0.4 is 9.64 Å². The van der Waals surface area contributed by atoms with Crippen LogP contribution >= 0.6 is 0 Å². The molecule has 5 heteroatoms. The number of allylic oxidation sites excluding steroid dienone is 3. The van der Waals surface area contributed by atoms with E-state index in [0.29, 0.717) is 13.2 Å². The maximum Gasteiger partial charge on any atom is 0.304 e. The van der Waals surface area contributed by atoms with Crippen molar-refractivity contribution in [3.8, 4) is 5.75 Å². The Kier molecular flexibility index (Phi) is 7.96. The van der Waals surface area contributed by atoms with Crippen molar-refractivity contribution >= 4 is 11.7 Å². The van der Waals surface area contributed by atoms with Crippen LogP contribution in [0.4, 0.5) is 5.69 Å². The Morgan fingerprint density at radius 1 is 1.23 bits per heavy atom. The van der Waals surface area contributed by atoms with E-state index in [1.165, 1.54) is 5.69 Å². The molecule has 5 nitrogen and oxygen atoms in total. The van der Waals surface area contributed by atoms with Crippen LogP contribution in [-0.2, 0) is 4.79 Å². The van der Waals surface area contributed by atoms with Crippen LogP contribution in [-0.4, -0.2) is 55.3 Å². The van der Waals surface area contributed by atoms with Crippen molar-refractivity contribution in [3.63, 3.8) is 0 Å². The first-order valence-electron chi connectivity index (χ1n) is 8.98. The number of benzene rings is 1. The van der Waals surface area contributed by atoms with E-state index in [4.69, 9.17) is 9.84 Å². The predicted molar refractivity (Wildman–Crippen MR) is 106 cm³/mol. The van der Waals surface area contributed by atoms with E-state index in [1.54, 1.807) is 6.08 Å². The third-order valence-corrected chi connectivity index (χ3v) is 4.39. The van der Waals surface area contributed by atoms with Gasteiger partial charge >= 0.3 is 5.97 Å². The van der Waals surface area contributed by atoms with E-state index in [-0.39, 0.29) is 6.42 Å². The van der Waals surface area contributed by atoms with Gasteiger partial charge in [0.05, 0.1) is 6.42 Å². The van der Waals surface area contributed by atoms with Gasteiger partial charge in [0.2, 0.25) is 0 Å². The quantitative estimate of drug-likeness (QED) is 0.688. The van der Waals surface area contributed by atoms with Gasteiger partial charge in [-0.25, -0.2) is 0 Å². The Morgan fingerprint density at radius 2 is 1.92 bits per heavy atom. The van der Waals surface area contributed by atoms with Gasteiger partial charge in [-0.1, -0.05) is 30.9 Å². The normalized spacial score (nSPS) is 16.0. The molecule has 1 heterocycles. The zero-order valence-electron chi connectivity index (χ0n) is 15.4. The molecule has 0 aromatic heterocycles. The van der Waals surface area contributed by atoms with E-state index < -0.39 is 5.97 Å². The lowest BCUT2D eigenvalue weighted by Crippen LogP contribution is -2.46. The first-order valence-corrected chi connectivity index (χ1v) is 8.98. The highest BCUT2D eigenvalue weighted by atomic mass is 16.5. The highest BCUT2D eigenvalue weighted by Crippen LogP contribution is 2.21. The van der Waals surface area contributed by atoms with Gasteiger partial charge in [0, 0.05) is 38.4 Å². The number of piperazine rings is 1. The number of hydrogen-bond acceptors (Lipinski definition) is 4. The van der Waals surface area contributed by atoms with Gasteiger partial charge < -0.3 is 14.7 Å². The number of rotatable bonds is 9. The zero-order chi connectivity index (χ0) is 18.8. The minimum absolute atomic E-state index is 0.210. The number of anilines is 1. The molecule has 1 saturated heterocycles. The monoisotopic (exact) mass is 356 g/mol. The second-order valence-corrected chi connectivity index (χ2v) is 6.23. The number of carbonyl (C=O) groups is 1. The molecule has 0 saturated carbocycles. The minimum atomic E-state index is -0.733. The molecule has 26 heavy (non-hydrogen) atoms. The number of hydrogen-bond donors (Lipinski definition) is 1. The molecule has 0 amide bonds. The average Bonchev–Trinajstić information content (AvgIpc) is 2.67. The third-order valence-electron chi connectivity index (χ3n) is 4.39. The molecule has 0 unspecified atom stereocenters. The van der Waals surface area contributed by atoms with Gasteiger partial charge in [0.15, 0.2) is 0 Å². The predicted octanol–water partition coefficient (Wildman–Crippen LogP) is 3.35. The summed E-state index contributed by atoms with van der Waals surface area (Å²) < 4.78 is 5.81. The van der Waals surface area contributed by atoms with Crippen molar-refractivity contribution < 1.29 is 14.6 Å². The van der Waals surface area contributed by atoms with E-state index >= 15 is 0 Å². The molecule has 0 spiro atoms. The molecular weight excluding hydrogens is 328 g/mol. The first-order chi connectivity index (χ1) is 12.6. The van der Waals surface area contributed by atoms with Gasteiger partial charge in [-0.05, 0) is 36.8 Å². The molecule has 0 atom stereocenters. The summed E-state index contributed by atoms with van der Waals surface area (Å²) in [5.41, 5.74) is 2.20. The van der Waals surface area contributed by atoms with Crippen molar-refractivity contribution in [2.75, 3.05) is 44.2 Å². The molecule has 1 fully saturated rings. The van der Waals surface area contributed by atoms with Crippen LogP contribution in [0.15, 0.2) is 60.7 Å². The lowest BCUT2D eigenvalue weighted by atomic mass is 10.2. The Labute approximate surface area is 155 Å². The van der Waals surface area contributed by atoms with Crippen LogP contribution in [0.2, 0.25) is 0 Å². The fourth-order valence-corrected chi connectivity index (χ4v) is 2.80. The summed E-state index contributed by atoms with van der Waals surface area (Å²) in [6.45, 7) is 10.5. The SMILES string of the molecule is C=C/C(=C\C=C/C)COc1ccc(N2CCN(CCC(=O)O)CC2)cc1. The minimum Gasteiger partial charge on any atom is -0.489 e. The van der Waals surface area contributed by atoms with Crippen LogP contribution in [0, 0.1) is 0 Å². The van der Waals surface area contributed by atoms with Gasteiger partial charge in [0.1, 0.15) is 12.4 Å². The number of nitrogens with zero attached hydrogens (tertiary/aromatic N) is 2. The van der Waals surface area contributed by atoms with Crippen LogP contribution in [0.5, 0.6) is 5.75 Å². The second kappa shape index (κ2) is 10.5. The Morgan fingerprint density at radius 3 is 2.50 bits per heavy atom. The largest absolute Gasteiger partial charge is 0.489 e. The van der Waals surface area contributed by atoms with Crippen molar-refractivity contribution in [3.05, 3.63) is 60.7 Å². The van der Waals surface area contributed by atoms with E-state index in [9.17, 15) is 4.79 Å². The smallest absolute Gasteiger partial charge is 0.304 e. The van der Waals surface area contributed by atoms with Gasteiger partial charge in [0.25, 0.3) is 0 Å². The Hall–Kier alpha value is -2.53. The number of ether oxygens (including phenoxy) is 1. The molecule has 1 aromatic carbocycles. The molecule has 140 valence electrons. The third kappa shape index (κ3) is 6.41. The molecule has 1 aliphatic heterocycles. The summed E-state index contributed by atoms with van der Waals surface area (Å²) in [6, 6.07) is 8.13. The molecule has 0 radical (unpaired) electrons. The summed E-state index contributed by atoms with van der Waals surface area (Å²) in [5, 5.41) is 8.78. The number of aliphatic carboxylic acids is 1. The molecule has 0 bridgehead atoms. The van der Waals surface area contributed by atoms with Gasteiger partial charge in [-0.3, -0.25) is 9.69 Å². The summed E-state index contributed by atoms with van der Waals surface area (Å²) in [7, 11) is 0. The van der Waals surface area contributed by atoms with Crippen LogP contribution in [0.3, 0.4) is 0 Å². The topological polar surface area (TPSA) is 53.0 Å². The lowest BCUT2D eigenvalue weighted by Gasteiger charge is -2.35. The van der Waals surface area contributed by atoms with Crippen molar-refractivity contribution in [1.82, 2.24) is 4.90 Å². The van der Waals surface area contributed by atoms with Gasteiger partial charge in [-0.2, -0.15) is 0 Å². The molecule has 1 aromatic rings. The highest BCUT2D eigenvalue weighted by Gasteiger charge is 2.17. The fourth-order valence-electron chi connectivity index (χ4n) is 2.80. The Bertz CT molecular complexity index is 642. The first kappa shape index (κ1) is 19.8. The summed E-state index contributed by atoms with van der Waals surface area (Å²) >= 11 is 0. The van der Waals surface area contributed by atoms with E-state index in [0.717, 1.165) is 37.5 Å². The summed E-state index contributed by atoms with van der Waals surface area (Å²) in [4.78, 5) is 15.2. The molecule has 1 N–H and O–H groups in total. The molecule has 0 aliphatic carbocycles. The summed E-state index contributed by atoms with van der Waals surface area (Å²) in [6.07, 6.45) is 7.95. The highest BCUT2D eigenvalue weighted by molar-refractivity contribution is 5.66. The average molecular weight is 356 g/mol. The molecule has 1 aliphatic rings. The van der Waals surface area contributed by atoms with Crippen molar-refractivity contribution in [1.29, 1.82) is 0 Å². The lowest BCUT2D eigenvalue weighted by molar-refractivity contribution is -0.137. The standard InChI is InChI=1S/C21H28N2O3/c1-3-5-6-18(4-2)17-26-20-9-7-19(8-10-20)23-15-13-22(14-16-23)12-11-21(24)25/h3-10H,2,11-17H2,1H3,(H,24,25)/b5-3-,18-6+. The van der Waals surface area contributed by atoms with Crippen molar-refractivity contribution in [2.24, 2.45) is 0 Å². The fraction of sp³-hybridized carbons (Fsp3) is 0.381. The van der Waals surface area contributed by atoms with Crippen LogP contribution in [0.1, 0.15) is 13.3 Å². The van der Waals surface area contributed by atoms with E-state index in [1.807, 2.05) is 37.3 Å². The zero-order valence-corrected chi connectivity index (χ0v) is 15.4. The van der Waals surface area contributed by atoms with Crippen molar-refractivity contribution in [2.45, 2.75) is 13.3 Å². The Balaban J connectivity index is 1.82. The van der Waals surface area contributed by atoms with Gasteiger partial charge in [-0.15, -0.1) is 0 Å². The number of carboxylic acid groups (broad SMARTS) is 1. The maximum atomic E-state index is 10.7. The maximum absolute atomic E-state index is 10.7. The second-order valence-electron chi connectivity index (χ2n) is 6.23. The van der Waals surface area contributed by atoms with E-state index in [2.05, 4.69) is 28.5 Å². The van der Waals surface area contributed by atoms with Crippen LogP contribution in [0.25, 0.3) is 0 Å². The molecule has 2 rings (SSSR count). The number of carboxylic acids is 1.